The number of amides is 1. The minimum atomic E-state index is -3.48. The van der Waals surface area contributed by atoms with Crippen molar-refractivity contribution in [3.05, 3.63) is 28.8 Å². The highest BCUT2D eigenvalue weighted by Gasteiger charge is 2.38. The molecule has 0 aliphatic carbocycles. The van der Waals surface area contributed by atoms with Gasteiger partial charge in [-0.1, -0.05) is 24.6 Å². The van der Waals surface area contributed by atoms with Gasteiger partial charge in [0.05, 0.1) is 5.92 Å². The molecule has 0 unspecified atom stereocenters. The van der Waals surface area contributed by atoms with Crippen LogP contribution in [0.5, 0.6) is 0 Å². The smallest absolute Gasteiger partial charge is 0.281 e. The van der Waals surface area contributed by atoms with Crippen molar-refractivity contribution in [2.75, 3.05) is 57.3 Å². The number of piperazine rings is 1. The fraction of sp³-hybridized carbons (Fsp3) is 0.696. The number of nitrogens with zero attached hydrogens (tertiary/aromatic N) is 4. The molecule has 0 aromatic heterocycles. The molecule has 1 amide bonds. The normalized spacial score (nSPS) is 24.7. The van der Waals surface area contributed by atoms with E-state index < -0.39 is 10.2 Å². The third-order valence-electron chi connectivity index (χ3n) is 7.23. The van der Waals surface area contributed by atoms with Gasteiger partial charge in [0.1, 0.15) is 0 Å². The summed E-state index contributed by atoms with van der Waals surface area (Å²) in [5, 5.41) is 0.718. The SMILES string of the molecule is Cc1ccc(Cl)cc1N1CCN(C(=O)[C@H]2CCCN(S(=O)(=O)N3CCC(C)CC3)C2)CC1. The highest BCUT2D eigenvalue weighted by Crippen LogP contribution is 2.28. The van der Waals surface area contributed by atoms with Gasteiger partial charge in [0.25, 0.3) is 10.2 Å². The lowest BCUT2D eigenvalue weighted by atomic mass is 9.97. The maximum absolute atomic E-state index is 13.3. The summed E-state index contributed by atoms with van der Waals surface area (Å²) in [4.78, 5) is 17.5. The molecule has 3 fully saturated rings. The molecule has 0 spiro atoms. The van der Waals surface area contributed by atoms with Gasteiger partial charge in [0.15, 0.2) is 0 Å². The van der Waals surface area contributed by atoms with Crippen LogP contribution in [0.15, 0.2) is 18.2 Å². The minimum Gasteiger partial charge on any atom is -0.368 e. The quantitative estimate of drug-likeness (QED) is 0.661. The zero-order valence-electron chi connectivity index (χ0n) is 19.2. The van der Waals surface area contributed by atoms with Crippen LogP contribution >= 0.6 is 11.6 Å². The Morgan fingerprint density at radius 3 is 2.34 bits per heavy atom. The lowest BCUT2D eigenvalue weighted by molar-refractivity contribution is -0.137. The third kappa shape index (κ3) is 5.08. The standard InChI is InChI=1S/C23H35ClN4O3S/c1-18-7-10-27(11-8-18)32(30,31)28-9-3-4-20(17-28)23(29)26-14-12-25(13-15-26)22-16-21(24)6-5-19(22)2/h5-6,16,18,20H,3-4,7-15,17H2,1-2H3/t20-/m0/s1. The van der Waals surface area contributed by atoms with Crippen molar-refractivity contribution in [1.82, 2.24) is 13.5 Å². The maximum Gasteiger partial charge on any atom is 0.281 e. The Morgan fingerprint density at radius 2 is 1.66 bits per heavy atom. The molecule has 178 valence electrons. The molecule has 3 heterocycles. The number of hydrogen-bond acceptors (Lipinski definition) is 4. The first-order valence-corrected chi connectivity index (χ1v) is 13.6. The molecule has 1 aromatic rings. The largest absolute Gasteiger partial charge is 0.368 e. The van der Waals surface area contributed by atoms with E-state index >= 15 is 0 Å². The van der Waals surface area contributed by atoms with Crippen molar-refractivity contribution in [3.8, 4) is 0 Å². The molecule has 0 radical (unpaired) electrons. The van der Waals surface area contributed by atoms with Gasteiger partial charge in [-0.05, 0) is 56.2 Å². The number of piperidine rings is 2. The van der Waals surface area contributed by atoms with Gasteiger partial charge in [0.2, 0.25) is 5.91 Å². The summed E-state index contributed by atoms with van der Waals surface area (Å²) in [5.41, 5.74) is 2.30. The van der Waals surface area contributed by atoms with E-state index in [1.54, 1.807) is 8.61 Å². The average molecular weight is 483 g/mol. The van der Waals surface area contributed by atoms with Crippen LogP contribution in [0, 0.1) is 18.8 Å². The molecule has 7 nitrogen and oxygen atoms in total. The van der Waals surface area contributed by atoms with Gasteiger partial charge in [-0.15, -0.1) is 0 Å². The number of halogens is 1. The molecule has 4 rings (SSSR count). The molecule has 3 aliphatic rings. The van der Waals surface area contributed by atoms with Gasteiger partial charge in [-0.3, -0.25) is 4.79 Å². The molecule has 0 bridgehead atoms. The summed E-state index contributed by atoms with van der Waals surface area (Å²) < 4.78 is 29.5. The Bertz CT molecular complexity index is 925. The van der Waals surface area contributed by atoms with Crippen LogP contribution in [0.4, 0.5) is 5.69 Å². The van der Waals surface area contributed by atoms with E-state index in [0.29, 0.717) is 45.2 Å². The van der Waals surface area contributed by atoms with Crippen molar-refractivity contribution in [2.45, 2.75) is 39.5 Å². The van der Waals surface area contributed by atoms with Crippen LogP contribution in [0.1, 0.15) is 38.2 Å². The number of carbonyl (C=O) groups excluding carboxylic acids is 1. The average Bonchev–Trinajstić information content (AvgIpc) is 2.81. The van der Waals surface area contributed by atoms with Gasteiger partial charge >= 0.3 is 0 Å². The Kier molecular flexibility index (Phi) is 7.34. The number of carbonyl (C=O) groups is 1. The Balaban J connectivity index is 1.35. The summed E-state index contributed by atoms with van der Waals surface area (Å²) in [5.74, 6) is 0.424. The Labute approximate surface area is 197 Å². The van der Waals surface area contributed by atoms with Crippen molar-refractivity contribution < 1.29 is 13.2 Å². The van der Waals surface area contributed by atoms with E-state index in [1.807, 2.05) is 23.1 Å². The number of anilines is 1. The Morgan fingerprint density at radius 1 is 0.969 bits per heavy atom. The first kappa shape index (κ1) is 23.8. The molecular formula is C23H35ClN4O3S. The lowest BCUT2D eigenvalue weighted by Gasteiger charge is -2.41. The highest BCUT2D eigenvalue weighted by molar-refractivity contribution is 7.86. The predicted octanol–water partition coefficient (Wildman–Crippen LogP) is 2.99. The molecule has 1 aromatic carbocycles. The van der Waals surface area contributed by atoms with E-state index in [9.17, 15) is 13.2 Å². The molecule has 0 saturated carbocycles. The summed E-state index contributed by atoms with van der Waals surface area (Å²) in [6, 6.07) is 5.91. The van der Waals surface area contributed by atoms with Gasteiger partial charge in [-0.25, -0.2) is 0 Å². The first-order valence-electron chi connectivity index (χ1n) is 11.8. The molecule has 3 aliphatic heterocycles. The lowest BCUT2D eigenvalue weighted by Crippen LogP contribution is -2.55. The topological polar surface area (TPSA) is 64.2 Å². The summed E-state index contributed by atoms with van der Waals surface area (Å²) >= 11 is 6.18. The number of benzene rings is 1. The summed E-state index contributed by atoms with van der Waals surface area (Å²) in [6.45, 7) is 9.06. The van der Waals surface area contributed by atoms with E-state index in [-0.39, 0.29) is 11.8 Å². The predicted molar refractivity (Wildman–Crippen MR) is 128 cm³/mol. The van der Waals surface area contributed by atoms with Crippen LogP contribution in [0.25, 0.3) is 0 Å². The van der Waals surface area contributed by atoms with Gasteiger partial charge in [0, 0.05) is 63.1 Å². The minimum absolute atomic E-state index is 0.0969. The zero-order chi connectivity index (χ0) is 22.9. The maximum atomic E-state index is 13.3. The molecule has 1 atom stereocenters. The summed E-state index contributed by atoms with van der Waals surface area (Å²) in [6.07, 6.45) is 3.31. The third-order valence-corrected chi connectivity index (χ3v) is 9.47. The second kappa shape index (κ2) is 9.87. The summed E-state index contributed by atoms with van der Waals surface area (Å²) in [7, 11) is -3.48. The van der Waals surface area contributed by atoms with Gasteiger partial charge in [-0.2, -0.15) is 17.0 Å². The monoisotopic (exact) mass is 482 g/mol. The van der Waals surface area contributed by atoms with E-state index in [0.717, 1.165) is 49.5 Å². The fourth-order valence-electron chi connectivity index (χ4n) is 5.08. The van der Waals surface area contributed by atoms with Crippen LogP contribution in [-0.2, 0) is 15.0 Å². The van der Waals surface area contributed by atoms with E-state index in [1.165, 1.54) is 5.56 Å². The van der Waals surface area contributed by atoms with Crippen molar-refractivity contribution in [1.29, 1.82) is 0 Å². The zero-order valence-corrected chi connectivity index (χ0v) is 20.7. The van der Waals surface area contributed by atoms with Crippen LogP contribution in [0.2, 0.25) is 5.02 Å². The first-order chi connectivity index (χ1) is 15.3. The van der Waals surface area contributed by atoms with Crippen LogP contribution in [-0.4, -0.2) is 80.2 Å². The van der Waals surface area contributed by atoms with E-state index in [2.05, 4.69) is 18.7 Å². The highest BCUT2D eigenvalue weighted by atomic mass is 35.5. The molecule has 0 N–H and O–H groups in total. The molecule has 3 saturated heterocycles. The van der Waals surface area contributed by atoms with Crippen molar-refractivity contribution in [3.63, 3.8) is 0 Å². The number of aryl methyl sites for hydroxylation is 1. The van der Waals surface area contributed by atoms with E-state index in [4.69, 9.17) is 11.6 Å². The Hall–Kier alpha value is -1.35. The van der Waals surface area contributed by atoms with Crippen molar-refractivity contribution in [2.24, 2.45) is 11.8 Å². The fourth-order valence-corrected chi connectivity index (χ4v) is 6.97. The van der Waals surface area contributed by atoms with Crippen molar-refractivity contribution >= 4 is 33.4 Å². The van der Waals surface area contributed by atoms with Gasteiger partial charge < -0.3 is 9.80 Å². The number of hydrogen-bond donors (Lipinski definition) is 0. The van der Waals surface area contributed by atoms with Crippen LogP contribution < -0.4 is 4.90 Å². The van der Waals surface area contributed by atoms with Crippen LogP contribution in [0.3, 0.4) is 0 Å². The molecular weight excluding hydrogens is 448 g/mol. The second-order valence-electron chi connectivity index (χ2n) is 9.53. The molecule has 32 heavy (non-hydrogen) atoms. The second-order valence-corrected chi connectivity index (χ2v) is 11.9. The number of rotatable bonds is 4. The molecule has 9 heteroatoms.